The van der Waals surface area contributed by atoms with Gasteiger partial charge in [-0.05, 0) is 12.5 Å². The third-order valence-corrected chi connectivity index (χ3v) is 5.92. The van der Waals surface area contributed by atoms with Gasteiger partial charge in [0, 0.05) is 0 Å². The molecule has 1 heterocycles. The highest BCUT2D eigenvalue weighted by atomic mass is 16.7. The Kier molecular flexibility index (Phi) is 10.3. The van der Waals surface area contributed by atoms with Gasteiger partial charge in [-0.1, -0.05) is 6.08 Å². The Labute approximate surface area is 188 Å². The summed E-state index contributed by atoms with van der Waals surface area (Å²) in [4.78, 5) is 10.8. The van der Waals surface area contributed by atoms with Crippen molar-refractivity contribution in [1.29, 1.82) is 0 Å². The van der Waals surface area contributed by atoms with E-state index in [1.165, 1.54) is 13.0 Å². The van der Waals surface area contributed by atoms with E-state index < -0.39 is 92.6 Å². The summed E-state index contributed by atoms with van der Waals surface area (Å²) in [6.07, 6.45) is -16.9. The van der Waals surface area contributed by atoms with Crippen LogP contribution in [0.15, 0.2) is 11.6 Å². The quantitative estimate of drug-likeness (QED) is 0.102. The maximum absolute atomic E-state index is 10.8. The van der Waals surface area contributed by atoms with Gasteiger partial charge in [0.25, 0.3) is 0 Å². The van der Waals surface area contributed by atoms with E-state index in [0.717, 1.165) is 0 Å². The first-order valence-corrected chi connectivity index (χ1v) is 10.4. The molecule has 2 aliphatic rings. The van der Waals surface area contributed by atoms with Crippen molar-refractivity contribution in [1.82, 2.24) is 5.32 Å². The van der Waals surface area contributed by atoms with Gasteiger partial charge in [0.15, 0.2) is 12.6 Å². The molecule has 2 rings (SSSR count). The monoisotopic (exact) mass is 483 g/mol. The van der Waals surface area contributed by atoms with Gasteiger partial charge in [-0.15, -0.1) is 0 Å². The lowest BCUT2D eigenvalue weighted by Crippen LogP contribution is -2.67. The van der Waals surface area contributed by atoms with E-state index in [0.29, 0.717) is 0 Å². The second kappa shape index (κ2) is 12.0. The van der Waals surface area contributed by atoms with E-state index in [9.17, 15) is 55.9 Å². The minimum Gasteiger partial charge on any atom is -0.394 e. The fraction of sp³-hybridized carbons (Fsp3) is 0.842. The molecule has 1 aliphatic carbocycles. The number of aliphatic hydroxyl groups excluding tert-OH is 10. The van der Waals surface area contributed by atoms with E-state index in [2.05, 4.69) is 5.32 Å². The Balaban J connectivity index is 2.16. The molecule has 13 atom stereocenters. The van der Waals surface area contributed by atoms with Crippen LogP contribution >= 0.6 is 0 Å². The van der Waals surface area contributed by atoms with Crippen LogP contribution in [-0.2, 0) is 14.3 Å². The van der Waals surface area contributed by atoms with Gasteiger partial charge in [-0.2, -0.15) is 0 Å². The zero-order valence-corrected chi connectivity index (χ0v) is 17.8. The van der Waals surface area contributed by atoms with Gasteiger partial charge < -0.3 is 70.7 Å². The lowest BCUT2D eigenvalue weighted by Gasteiger charge is -2.45. The van der Waals surface area contributed by atoms with E-state index in [1.807, 2.05) is 0 Å². The maximum Gasteiger partial charge on any atom is 0.187 e. The molecule has 0 aromatic rings. The fourth-order valence-electron chi connectivity index (χ4n) is 3.87. The van der Waals surface area contributed by atoms with Crippen LogP contribution in [0, 0.1) is 0 Å². The van der Waals surface area contributed by atoms with Gasteiger partial charge in [0.05, 0.1) is 31.4 Å². The molecule has 14 heteroatoms. The third kappa shape index (κ3) is 6.12. The first-order chi connectivity index (χ1) is 15.5. The molecule has 33 heavy (non-hydrogen) atoms. The molecule has 13 unspecified atom stereocenters. The van der Waals surface area contributed by atoms with Crippen molar-refractivity contribution in [2.45, 2.75) is 86.3 Å². The number of carbonyl (C=O) groups is 1. The molecule has 1 fully saturated rings. The summed E-state index contributed by atoms with van der Waals surface area (Å²) < 4.78 is 10.8. The zero-order chi connectivity index (χ0) is 25.0. The standard InChI is InChI=1S/C19H33NO13/c1-6-11(20-8-2-7(3-21)12(26)16(30)13(8)27)15(29)17(31)19(32-6)33-18(10(25)5-23)14(28)9(24)4-22/h2,4,6,8-21,23-31H,3,5H2,1H3. The minimum absolute atomic E-state index is 0.0182. The van der Waals surface area contributed by atoms with Gasteiger partial charge in [-0.25, -0.2) is 0 Å². The second-order valence-corrected chi connectivity index (χ2v) is 8.20. The van der Waals surface area contributed by atoms with E-state index in [4.69, 9.17) is 9.47 Å². The van der Waals surface area contributed by atoms with Crippen LogP contribution in [0.5, 0.6) is 0 Å². The topological polar surface area (TPSA) is 250 Å². The van der Waals surface area contributed by atoms with Crippen molar-refractivity contribution in [3.8, 4) is 0 Å². The number of ether oxygens (including phenoxy) is 2. The molecule has 0 spiro atoms. The zero-order valence-electron chi connectivity index (χ0n) is 17.8. The molecule has 0 bridgehead atoms. The molecule has 11 N–H and O–H groups in total. The number of carbonyl (C=O) groups excluding carboxylic acids is 1. The normalized spacial score (nSPS) is 41.1. The number of hydrogen-bond donors (Lipinski definition) is 11. The average Bonchev–Trinajstić information content (AvgIpc) is 2.81. The molecule has 0 saturated carbocycles. The molecular formula is C19H33NO13. The number of nitrogens with one attached hydrogen (secondary N) is 1. The van der Waals surface area contributed by atoms with Crippen molar-refractivity contribution in [3.63, 3.8) is 0 Å². The average molecular weight is 483 g/mol. The Bertz CT molecular complexity index is 666. The van der Waals surface area contributed by atoms with Gasteiger partial charge in [-0.3, -0.25) is 0 Å². The molecular weight excluding hydrogens is 450 g/mol. The van der Waals surface area contributed by atoms with Crippen molar-refractivity contribution in [3.05, 3.63) is 11.6 Å². The van der Waals surface area contributed by atoms with Gasteiger partial charge >= 0.3 is 0 Å². The van der Waals surface area contributed by atoms with E-state index >= 15 is 0 Å². The Hall–Kier alpha value is -1.11. The van der Waals surface area contributed by atoms with E-state index in [-0.39, 0.29) is 11.9 Å². The summed E-state index contributed by atoms with van der Waals surface area (Å²) in [5, 5.41) is 102. The second-order valence-electron chi connectivity index (χ2n) is 8.20. The number of aldehydes is 1. The highest BCUT2D eigenvalue weighted by Gasteiger charge is 2.48. The Morgan fingerprint density at radius 2 is 1.70 bits per heavy atom. The van der Waals surface area contributed by atoms with Crippen LogP contribution in [0.3, 0.4) is 0 Å². The van der Waals surface area contributed by atoms with Gasteiger partial charge in [0.2, 0.25) is 0 Å². The summed E-state index contributed by atoms with van der Waals surface area (Å²) in [6, 6.07) is -2.11. The van der Waals surface area contributed by atoms with Crippen LogP contribution in [-0.4, -0.2) is 150 Å². The molecule has 0 aromatic carbocycles. The summed E-state index contributed by atoms with van der Waals surface area (Å²) >= 11 is 0. The third-order valence-electron chi connectivity index (χ3n) is 5.92. The van der Waals surface area contributed by atoms with Crippen LogP contribution in [0.25, 0.3) is 0 Å². The molecule has 0 aromatic heterocycles. The minimum atomic E-state index is -1.99. The first kappa shape index (κ1) is 28.1. The van der Waals surface area contributed by atoms with Crippen LogP contribution in [0.2, 0.25) is 0 Å². The van der Waals surface area contributed by atoms with Crippen molar-refractivity contribution in [2.24, 2.45) is 0 Å². The van der Waals surface area contributed by atoms with Crippen molar-refractivity contribution >= 4 is 6.29 Å². The predicted octanol–water partition coefficient (Wildman–Crippen LogP) is -6.55. The lowest BCUT2D eigenvalue weighted by molar-refractivity contribution is -0.306. The first-order valence-electron chi connectivity index (χ1n) is 10.4. The lowest BCUT2D eigenvalue weighted by atomic mass is 9.86. The van der Waals surface area contributed by atoms with Crippen LogP contribution in [0.4, 0.5) is 0 Å². The van der Waals surface area contributed by atoms with Crippen molar-refractivity contribution < 1.29 is 65.3 Å². The molecule has 14 nitrogen and oxygen atoms in total. The Morgan fingerprint density at radius 1 is 1.06 bits per heavy atom. The smallest absolute Gasteiger partial charge is 0.187 e. The highest BCUT2D eigenvalue weighted by Crippen LogP contribution is 2.27. The fourth-order valence-corrected chi connectivity index (χ4v) is 3.87. The molecule has 1 saturated heterocycles. The Morgan fingerprint density at radius 3 is 2.24 bits per heavy atom. The summed E-state index contributed by atoms with van der Waals surface area (Å²) in [6.45, 7) is -0.0649. The number of aliphatic hydroxyl groups is 10. The number of hydrogen-bond acceptors (Lipinski definition) is 14. The maximum atomic E-state index is 10.8. The molecule has 0 amide bonds. The highest BCUT2D eigenvalue weighted by molar-refractivity contribution is 5.56. The van der Waals surface area contributed by atoms with Gasteiger partial charge in [0.1, 0.15) is 54.9 Å². The molecule has 192 valence electrons. The van der Waals surface area contributed by atoms with Crippen molar-refractivity contribution in [2.75, 3.05) is 13.2 Å². The molecule has 0 radical (unpaired) electrons. The van der Waals surface area contributed by atoms with Crippen LogP contribution in [0.1, 0.15) is 6.92 Å². The van der Waals surface area contributed by atoms with Crippen LogP contribution < -0.4 is 5.32 Å². The van der Waals surface area contributed by atoms with E-state index in [1.54, 1.807) is 0 Å². The largest absolute Gasteiger partial charge is 0.394 e. The predicted molar refractivity (Wildman–Crippen MR) is 106 cm³/mol. The number of rotatable bonds is 10. The summed E-state index contributed by atoms with van der Waals surface area (Å²) in [7, 11) is 0. The summed E-state index contributed by atoms with van der Waals surface area (Å²) in [5.41, 5.74) is 0.0366. The SMILES string of the molecule is CC1OC(OC(C(O)CO)C(O)C(O)C=O)C(O)C(O)C1NC1C=C(CO)C(O)C(O)C1O. The molecule has 1 aliphatic heterocycles. The summed E-state index contributed by atoms with van der Waals surface area (Å²) in [5.74, 6) is 0.